The molecule has 0 saturated heterocycles. The minimum Gasteiger partial charge on any atom is -0.349 e. The minimum atomic E-state index is -3.34. The fraction of sp³-hybridized carbons (Fsp3) is 0.364. The molecule has 4 nitrogen and oxygen atoms in total. The molecule has 0 N–H and O–H groups in total. The largest absolute Gasteiger partial charge is 0.349 e. The van der Waals surface area contributed by atoms with Gasteiger partial charge in [-0.2, -0.15) is 0 Å². The van der Waals surface area contributed by atoms with Gasteiger partial charge in [0.15, 0.2) is 9.84 Å². The molecule has 1 amide bonds. The molecule has 0 aliphatic heterocycles. The number of nitrogens with zero attached hydrogens (tertiary/aromatic N) is 1. The van der Waals surface area contributed by atoms with Crippen LogP contribution in [0.25, 0.3) is 0 Å². The van der Waals surface area contributed by atoms with Crippen molar-refractivity contribution < 1.29 is 13.2 Å². The topological polar surface area (TPSA) is 54.5 Å². The highest BCUT2D eigenvalue weighted by Gasteiger charge is 2.16. The fourth-order valence-corrected chi connectivity index (χ4v) is 2.44. The van der Waals surface area contributed by atoms with Crippen LogP contribution in [0.15, 0.2) is 35.2 Å². The maximum Gasteiger partial charge on any atom is 0.223 e. The van der Waals surface area contributed by atoms with Crippen LogP contribution in [-0.4, -0.2) is 39.1 Å². The van der Waals surface area contributed by atoms with Gasteiger partial charge in [-0.05, 0) is 12.1 Å². The summed E-state index contributed by atoms with van der Waals surface area (Å²) in [5.74, 6) is -0.326. The first kappa shape index (κ1) is 12.7. The molecule has 88 valence electrons. The van der Waals surface area contributed by atoms with Crippen molar-refractivity contribution in [2.45, 2.75) is 11.3 Å². The van der Waals surface area contributed by atoms with Crippen LogP contribution >= 0.6 is 0 Å². The van der Waals surface area contributed by atoms with Crippen molar-refractivity contribution in [1.29, 1.82) is 0 Å². The maximum atomic E-state index is 11.8. The normalized spacial score (nSPS) is 11.1. The fourth-order valence-electron chi connectivity index (χ4n) is 1.19. The lowest BCUT2D eigenvalue weighted by Gasteiger charge is -2.10. The molecule has 0 unspecified atom stereocenters. The SMILES string of the molecule is CN(C)C(=O)CCS(=O)(=O)c1ccccc1. The van der Waals surface area contributed by atoms with E-state index in [4.69, 9.17) is 0 Å². The zero-order chi connectivity index (χ0) is 12.2. The van der Waals surface area contributed by atoms with Gasteiger partial charge in [0.25, 0.3) is 0 Å². The number of amides is 1. The molecule has 16 heavy (non-hydrogen) atoms. The Morgan fingerprint density at radius 3 is 2.25 bits per heavy atom. The van der Waals surface area contributed by atoms with Gasteiger partial charge in [0.2, 0.25) is 5.91 Å². The number of benzene rings is 1. The van der Waals surface area contributed by atoms with Crippen molar-refractivity contribution >= 4 is 15.7 Å². The molecule has 0 fully saturated rings. The highest BCUT2D eigenvalue weighted by atomic mass is 32.2. The predicted molar refractivity (Wildman–Crippen MR) is 61.8 cm³/mol. The monoisotopic (exact) mass is 241 g/mol. The number of rotatable bonds is 4. The second-order valence-corrected chi connectivity index (χ2v) is 5.78. The van der Waals surface area contributed by atoms with Gasteiger partial charge in [0.1, 0.15) is 0 Å². The molecule has 1 rings (SSSR count). The summed E-state index contributed by atoms with van der Waals surface area (Å²) in [4.78, 5) is 12.9. The average molecular weight is 241 g/mol. The lowest BCUT2D eigenvalue weighted by Crippen LogP contribution is -2.24. The van der Waals surface area contributed by atoms with Crippen molar-refractivity contribution in [2.24, 2.45) is 0 Å². The Hall–Kier alpha value is -1.36. The van der Waals surface area contributed by atoms with Crippen LogP contribution in [-0.2, 0) is 14.6 Å². The third-order valence-electron chi connectivity index (χ3n) is 2.19. The summed E-state index contributed by atoms with van der Waals surface area (Å²) in [6.45, 7) is 0. The van der Waals surface area contributed by atoms with Crippen molar-refractivity contribution in [3.63, 3.8) is 0 Å². The van der Waals surface area contributed by atoms with Crippen LogP contribution in [0.5, 0.6) is 0 Å². The van der Waals surface area contributed by atoms with Crippen molar-refractivity contribution in [2.75, 3.05) is 19.8 Å². The van der Waals surface area contributed by atoms with Crippen molar-refractivity contribution in [3.05, 3.63) is 30.3 Å². The Labute approximate surface area is 95.8 Å². The molecule has 0 aliphatic carbocycles. The number of hydrogen-bond donors (Lipinski definition) is 0. The smallest absolute Gasteiger partial charge is 0.223 e. The Morgan fingerprint density at radius 1 is 1.19 bits per heavy atom. The Bertz CT molecular complexity index is 451. The summed E-state index contributed by atoms with van der Waals surface area (Å²) in [7, 11) is -0.119. The number of carbonyl (C=O) groups excluding carboxylic acids is 1. The third kappa shape index (κ3) is 3.34. The van der Waals surface area contributed by atoms with Crippen LogP contribution < -0.4 is 0 Å². The number of hydrogen-bond acceptors (Lipinski definition) is 3. The summed E-state index contributed by atoms with van der Waals surface area (Å²) in [6.07, 6.45) is 0.0181. The Kier molecular flexibility index (Phi) is 4.06. The van der Waals surface area contributed by atoms with Gasteiger partial charge in [-0.25, -0.2) is 8.42 Å². The highest BCUT2D eigenvalue weighted by Crippen LogP contribution is 2.11. The molecule has 0 spiro atoms. The minimum absolute atomic E-state index is 0.0181. The lowest BCUT2D eigenvalue weighted by molar-refractivity contribution is -0.128. The zero-order valence-electron chi connectivity index (χ0n) is 9.38. The molecule has 0 heterocycles. The average Bonchev–Trinajstić information content (AvgIpc) is 2.27. The van der Waals surface area contributed by atoms with Crippen molar-refractivity contribution in [3.8, 4) is 0 Å². The van der Waals surface area contributed by atoms with E-state index in [1.807, 2.05) is 0 Å². The van der Waals surface area contributed by atoms with E-state index in [9.17, 15) is 13.2 Å². The first-order chi connectivity index (χ1) is 7.43. The lowest BCUT2D eigenvalue weighted by atomic mass is 10.4. The van der Waals surface area contributed by atoms with E-state index in [0.29, 0.717) is 0 Å². The van der Waals surface area contributed by atoms with Gasteiger partial charge < -0.3 is 4.90 Å². The summed E-state index contributed by atoms with van der Waals surface area (Å²) in [5.41, 5.74) is 0. The van der Waals surface area contributed by atoms with E-state index in [-0.39, 0.29) is 23.0 Å². The maximum absolute atomic E-state index is 11.8. The van der Waals surface area contributed by atoms with Gasteiger partial charge in [0, 0.05) is 20.5 Å². The van der Waals surface area contributed by atoms with Crippen LogP contribution in [0, 0.1) is 0 Å². The van der Waals surface area contributed by atoms with E-state index in [1.54, 1.807) is 32.3 Å². The highest BCUT2D eigenvalue weighted by molar-refractivity contribution is 7.91. The van der Waals surface area contributed by atoms with E-state index < -0.39 is 9.84 Å². The standard InChI is InChI=1S/C11H15NO3S/c1-12(2)11(13)8-9-16(14,15)10-6-4-3-5-7-10/h3-7H,8-9H2,1-2H3. The number of sulfone groups is 1. The van der Waals surface area contributed by atoms with E-state index in [0.717, 1.165) is 0 Å². The molecule has 1 aromatic carbocycles. The van der Waals surface area contributed by atoms with Gasteiger partial charge in [-0.3, -0.25) is 4.79 Å². The van der Waals surface area contributed by atoms with E-state index in [1.165, 1.54) is 17.0 Å². The molecule has 0 saturated carbocycles. The van der Waals surface area contributed by atoms with Gasteiger partial charge in [0.05, 0.1) is 10.6 Å². The molecule has 5 heteroatoms. The van der Waals surface area contributed by atoms with E-state index in [2.05, 4.69) is 0 Å². The van der Waals surface area contributed by atoms with Crippen LogP contribution in [0.2, 0.25) is 0 Å². The molecule has 1 aromatic rings. The molecule has 0 bridgehead atoms. The molecular weight excluding hydrogens is 226 g/mol. The second-order valence-electron chi connectivity index (χ2n) is 3.67. The van der Waals surface area contributed by atoms with Crippen molar-refractivity contribution in [1.82, 2.24) is 4.90 Å². The van der Waals surface area contributed by atoms with Crippen LogP contribution in [0.3, 0.4) is 0 Å². The Morgan fingerprint density at radius 2 is 1.75 bits per heavy atom. The molecule has 0 atom stereocenters. The second kappa shape index (κ2) is 5.12. The molecular formula is C11H15NO3S. The van der Waals surface area contributed by atoms with Gasteiger partial charge in [-0.1, -0.05) is 18.2 Å². The first-order valence-corrected chi connectivity index (χ1v) is 6.56. The predicted octanol–water partition coefficient (Wildman–Crippen LogP) is 0.939. The third-order valence-corrected chi connectivity index (χ3v) is 3.92. The summed E-state index contributed by atoms with van der Waals surface area (Å²) in [5, 5.41) is 0. The number of carbonyl (C=O) groups is 1. The summed E-state index contributed by atoms with van der Waals surface area (Å²) < 4.78 is 23.6. The quantitative estimate of drug-likeness (QED) is 0.788. The molecule has 0 aliphatic rings. The molecule has 0 aromatic heterocycles. The molecule has 0 radical (unpaired) electrons. The zero-order valence-corrected chi connectivity index (χ0v) is 10.2. The first-order valence-electron chi connectivity index (χ1n) is 4.91. The summed E-state index contributed by atoms with van der Waals surface area (Å²) >= 11 is 0. The van der Waals surface area contributed by atoms with Crippen LogP contribution in [0.4, 0.5) is 0 Å². The van der Waals surface area contributed by atoms with E-state index >= 15 is 0 Å². The van der Waals surface area contributed by atoms with Gasteiger partial charge >= 0.3 is 0 Å². The van der Waals surface area contributed by atoms with Crippen LogP contribution in [0.1, 0.15) is 6.42 Å². The van der Waals surface area contributed by atoms with Gasteiger partial charge in [-0.15, -0.1) is 0 Å². The Balaban J connectivity index is 2.71. The summed E-state index contributed by atoms with van der Waals surface area (Å²) in [6, 6.07) is 8.16.